The second-order valence-corrected chi connectivity index (χ2v) is 6.80. The van der Waals surface area contributed by atoms with Gasteiger partial charge in [-0.3, -0.25) is 4.90 Å². The Morgan fingerprint density at radius 3 is 2.76 bits per heavy atom. The van der Waals surface area contributed by atoms with Gasteiger partial charge in [-0.05, 0) is 51.4 Å². The summed E-state index contributed by atoms with van der Waals surface area (Å²) < 4.78 is 11.4. The van der Waals surface area contributed by atoms with E-state index in [9.17, 15) is 0 Å². The zero-order valence-electron chi connectivity index (χ0n) is 14.8. The summed E-state index contributed by atoms with van der Waals surface area (Å²) in [5.41, 5.74) is 1.82. The Morgan fingerprint density at radius 1 is 1.20 bits per heavy atom. The maximum atomic E-state index is 5.95. The number of hydrogen-bond donors (Lipinski definition) is 0. The fourth-order valence-corrected chi connectivity index (χ4v) is 3.52. The van der Waals surface area contributed by atoms with Crippen molar-refractivity contribution >= 4 is 11.1 Å². The van der Waals surface area contributed by atoms with E-state index in [0.29, 0.717) is 5.92 Å². The van der Waals surface area contributed by atoms with Crippen molar-refractivity contribution in [2.75, 3.05) is 13.1 Å². The third kappa shape index (κ3) is 3.31. The van der Waals surface area contributed by atoms with Crippen LogP contribution in [-0.4, -0.2) is 33.1 Å². The van der Waals surface area contributed by atoms with Gasteiger partial charge in [0.2, 0.25) is 5.89 Å². The predicted molar refractivity (Wildman–Crippen MR) is 94.3 cm³/mol. The number of aromatic nitrogens is 3. The van der Waals surface area contributed by atoms with Crippen LogP contribution in [0.25, 0.3) is 11.1 Å². The zero-order valence-corrected chi connectivity index (χ0v) is 14.8. The summed E-state index contributed by atoms with van der Waals surface area (Å²) in [4.78, 5) is 11.6. The van der Waals surface area contributed by atoms with E-state index >= 15 is 0 Å². The molecular weight excluding hydrogens is 316 g/mol. The van der Waals surface area contributed by atoms with E-state index in [-0.39, 0.29) is 6.04 Å². The SMILES string of the molecule is CCCc1noc(C(C)N2CCC(c3nc4ccccc4o3)CC2)n1. The first kappa shape index (κ1) is 16.3. The van der Waals surface area contributed by atoms with Crippen molar-refractivity contribution in [3.63, 3.8) is 0 Å². The molecule has 1 atom stereocenters. The summed E-state index contributed by atoms with van der Waals surface area (Å²) in [6.07, 6.45) is 3.97. The Morgan fingerprint density at radius 2 is 2.00 bits per heavy atom. The summed E-state index contributed by atoms with van der Waals surface area (Å²) in [7, 11) is 0. The van der Waals surface area contributed by atoms with Crippen LogP contribution in [0.4, 0.5) is 0 Å². The first-order chi connectivity index (χ1) is 12.2. The second-order valence-electron chi connectivity index (χ2n) is 6.80. The van der Waals surface area contributed by atoms with Gasteiger partial charge in [0.1, 0.15) is 5.52 Å². The minimum Gasteiger partial charge on any atom is -0.440 e. The fourth-order valence-electron chi connectivity index (χ4n) is 3.52. The molecule has 0 saturated carbocycles. The van der Waals surface area contributed by atoms with Crippen molar-refractivity contribution in [3.05, 3.63) is 41.9 Å². The molecule has 6 heteroatoms. The molecule has 1 aromatic carbocycles. The van der Waals surface area contributed by atoms with Gasteiger partial charge in [-0.1, -0.05) is 24.2 Å². The predicted octanol–water partition coefficient (Wildman–Crippen LogP) is 4.10. The number of likely N-dealkylation sites (tertiary alicyclic amines) is 1. The van der Waals surface area contributed by atoms with Crippen molar-refractivity contribution in [2.45, 2.75) is 51.5 Å². The van der Waals surface area contributed by atoms with Gasteiger partial charge in [0, 0.05) is 12.3 Å². The van der Waals surface area contributed by atoms with Crippen molar-refractivity contribution < 1.29 is 8.94 Å². The maximum Gasteiger partial charge on any atom is 0.243 e. The Hall–Kier alpha value is -2.21. The maximum absolute atomic E-state index is 5.95. The van der Waals surface area contributed by atoms with Gasteiger partial charge in [-0.25, -0.2) is 4.98 Å². The van der Waals surface area contributed by atoms with E-state index in [2.05, 4.69) is 33.9 Å². The number of nitrogens with zero attached hydrogens (tertiary/aromatic N) is 4. The molecule has 3 aromatic rings. The van der Waals surface area contributed by atoms with Crippen molar-refractivity contribution in [2.24, 2.45) is 0 Å². The monoisotopic (exact) mass is 340 g/mol. The summed E-state index contributed by atoms with van der Waals surface area (Å²) in [6.45, 7) is 6.23. The first-order valence-corrected chi connectivity index (χ1v) is 9.16. The highest BCUT2D eigenvalue weighted by molar-refractivity contribution is 5.72. The molecule has 0 N–H and O–H groups in total. The van der Waals surface area contributed by atoms with E-state index in [1.807, 2.05) is 24.3 Å². The minimum atomic E-state index is 0.155. The number of hydrogen-bond acceptors (Lipinski definition) is 6. The fraction of sp³-hybridized carbons (Fsp3) is 0.526. The third-order valence-electron chi connectivity index (χ3n) is 5.05. The Bertz CT molecular complexity index is 800. The van der Waals surface area contributed by atoms with Crippen molar-refractivity contribution in [1.82, 2.24) is 20.0 Å². The lowest BCUT2D eigenvalue weighted by Crippen LogP contribution is -2.35. The molecule has 0 radical (unpaired) electrons. The molecule has 0 amide bonds. The van der Waals surface area contributed by atoms with Gasteiger partial charge in [-0.15, -0.1) is 0 Å². The van der Waals surface area contributed by atoms with Crippen molar-refractivity contribution in [1.29, 1.82) is 0 Å². The lowest BCUT2D eigenvalue weighted by molar-refractivity contribution is 0.131. The molecule has 4 rings (SSSR count). The summed E-state index contributed by atoms with van der Waals surface area (Å²) >= 11 is 0. The topological polar surface area (TPSA) is 68.2 Å². The van der Waals surface area contributed by atoms with Crippen molar-refractivity contribution in [3.8, 4) is 0 Å². The van der Waals surface area contributed by atoms with E-state index in [0.717, 1.165) is 67.5 Å². The lowest BCUT2D eigenvalue weighted by atomic mass is 9.96. The van der Waals surface area contributed by atoms with Gasteiger partial charge in [0.05, 0.1) is 6.04 Å². The highest BCUT2D eigenvalue weighted by Gasteiger charge is 2.29. The smallest absolute Gasteiger partial charge is 0.243 e. The molecule has 0 aliphatic carbocycles. The molecule has 1 aliphatic heterocycles. The zero-order chi connectivity index (χ0) is 17.2. The van der Waals surface area contributed by atoms with Gasteiger partial charge in [-0.2, -0.15) is 4.98 Å². The van der Waals surface area contributed by atoms with E-state index in [4.69, 9.17) is 8.94 Å². The number of aryl methyl sites for hydroxylation is 1. The highest BCUT2D eigenvalue weighted by Crippen LogP contribution is 2.32. The summed E-state index contributed by atoms with van der Waals surface area (Å²) in [6, 6.07) is 8.12. The molecule has 6 nitrogen and oxygen atoms in total. The Labute approximate surface area is 147 Å². The number of piperidine rings is 1. The molecule has 132 valence electrons. The molecular formula is C19H24N4O2. The molecule has 1 unspecified atom stereocenters. The average molecular weight is 340 g/mol. The molecule has 1 saturated heterocycles. The van der Waals surface area contributed by atoms with Gasteiger partial charge < -0.3 is 8.94 Å². The van der Waals surface area contributed by atoms with Crippen LogP contribution in [0.5, 0.6) is 0 Å². The number of para-hydroxylation sites is 2. The van der Waals surface area contributed by atoms with Gasteiger partial charge in [0.25, 0.3) is 0 Å². The molecule has 2 aromatic heterocycles. The summed E-state index contributed by atoms with van der Waals surface area (Å²) in [5, 5.41) is 4.07. The number of oxazole rings is 1. The van der Waals surface area contributed by atoms with E-state index in [1.54, 1.807) is 0 Å². The third-order valence-corrected chi connectivity index (χ3v) is 5.05. The minimum absolute atomic E-state index is 0.155. The molecule has 1 fully saturated rings. The Balaban J connectivity index is 1.40. The van der Waals surface area contributed by atoms with Gasteiger partial charge >= 0.3 is 0 Å². The van der Waals surface area contributed by atoms with Crippen LogP contribution in [0.15, 0.2) is 33.2 Å². The molecule has 0 bridgehead atoms. The highest BCUT2D eigenvalue weighted by atomic mass is 16.5. The first-order valence-electron chi connectivity index (χ1n) is 9.16. The molecule has 3 heterocycles. The second kappa shape index (κ2) is 6.96. The standard InChI is InChI=1S/C19H24N4O2/c1-3-6-17-21-18(25-22-17)13(2)23-11-9-14(10-12-23)19-20-15-7-4-5-8-16(15)24-19/h4-5,7-8,13-14H,3,6,9-12H2,1-2H3. The number of fused-ring (bicyclic) bond motifs is 1. The molecule has 1 aliphatic rings. The van der Waals surface area contributed by atoms with Crippen LogP contribution in [0.3, 0.4) is 0 Å². The van der Waals surface area contributed by atoms with Crippen LogP contribution in [0, 0.1) is 0 Å². The molecule has 25 heavy (non-hydrogen) atoms. The largest absolute Gasteiger partial charge is 0.440 e. The van der Waals surface area contributed by atoms with Crippen LogP contribution in [-0.2, 0) is 6.42 Å². The molecule has 0 spiro atoms. The quantitative estimate of drug-likeness (QED) is 0.696. The van der Waals surface area contributed by atoms with E-state index < -0.39 is 0 Å². The van der Waals surface area contributed by atoms with Gasteiger partial charge in [0.15, 0.2) is 17.3 Å². The average Bonchev–Trinajstić information content (AvgIpc) is 3.28. The van der Waals surface area contributed by atoms with Crippen LogP contribution in [0.2, 0.25) is 0 Å². The van der Waals surface area contributed by atoms with E-state index in [1.165, 1.54) is 0 Å². The van der Waals surface area contributed by atoms with Crippen LogP contribution >= 0.6 is 0 Å². The number of benzene rings is 1. The van der Waals surface area contributed by atoms with Crippen LogP contribution in [0.1, 0.15) is 62.7 Å². The van der Waals surface area contributed by atoms with Crippen LogP contribution < -0.4 is 0 Å². The summed E-state index contributed by atoms with van der Waals surface area (Å²) in [5.74, 6) is 2.79. The lowest BCUT2D eigenvalue weighted by Gasteiger charge is -2.33. The number of rotatable bonds is 5. The Kier molecular flexibility index (Phi) is 4.53. The normalized spacial score (nSPS) is 18.0.